The minimum Gasteiger partial charge on any atom is -0.368 e. The summed E-state index contributed by atoms with van der Waals surface area (Å²) in [4.78, 5) is 63.3. The first kappa shape index (κ1) is 20.6. The molecule has 12 heteroatoms. The number of carbonyl (C=O) groups excluding carboxylic acids is 5. The predicted octanol–water partition coefficient (Wildman–Crippen LogP) is -3.71. The fraction of sp³-hybridized carbons (Fsp3) is 0.429. The van der Waals surface area contributed by atoms with Gasteiger partial charge in [-0.2, -0.15) is 0 Å². The van der Waals surface area contributed by atoms with E-state index in [2.05, 4.69) is 31.2 Å². The highest BCUT2D eigenvalue weighted by molar-refractivity contribution is 5.91. The molecule has 1 aromatic rings. The average molecular weight is 367 g/mol. The molecule has 0 saturated heterocycles. The lowest BCUT2D eigenvalue weighted by Crippen LogP contribution is -2.50. The number of rotatable bonds is 10. The zero-order chi connectivity index (χ0) is 19.5. The summed E-state index contributed by atoms with van der Waals surface area (Å²) in [5.74, 6) is -2.88. The molecule has 1 rings (SSSR count). The molecule has 12 nitrogen and oxygen atoms in total. The summed E-state index contributed by atoms with van der Waals surface area (Å²) in [6, 6.07) is -0.961. The van der Waals surface area contributed by atoms with Gasteiger partial charge in [0.1, 0.15) is 6.04 Å². The second-order valence-corrected chi connectivity index (χ2v) is 5.27. The Kier molecular flexibility index (Phi) is 8.27. The number of nitrogens with two attached hydrogens (primary N) is 1. The molecular weight excluding hydrogens is 346 g/mol. The Balaban J connectivity index is 2.30. The topological polar surface area (TPSA) is 188 Å². The number of hydrogen-bond donors (Lipinski definition) is 6. The largest absolute Gasteiger partial charge is 0.368 e. The van der Waals surface area contributed by atoms with Gasteiger partial charge in [-0.3, -0.25) is 24.0 Å². The van der Waals surface area contributed by atoms with Crippen LogP contribution in [0.3, 0.4) is 0 Å². The third kappa shape index (κ3) is 8.42. The van der Waals surface area contributed by atoms with E-state index in [1.54, 1.807) is 0 Å². The SMILES string of the molecule is CC(=O)NCC(=O)NCC(=O)NCC(=O)N[C@@H](Cc1cnc[nH]1)C(N)=O. The van der Waals surface area contributed by atoms with Crippen LogP contribution < -0.4 is 27.0 Å². The van der Waals surface area contributed by atoms with E-state index in [1.165, 1.54) is 19.4 Å². The Morgan fingerprint density at radius 1 is 1.04 bits per heavy atom. The van der Waals surface area contributed by atoms with Crippen molar-refractivity contribution in [2.75, 3.05) is 19.6 Å². The van der Waals surface area contributed by atoms with Gasteiger partial charge in [-0.1, -0.05) is 0 Å². The van der Waals surface area contributed by atoms with Crippen molar-refractivity contribution >= 4 is 29.5 Å². The molecular formula is C14H21N7O5. The summed E-state index contributed by atoms with van der Waals surface area (Å²) in [6.45, 7) is 0.244. The van der Waals surface area contributed by atoms with E-state index in [0.717, 1.165) is 0 Å². The Hall–Kier alpha value is -3.44. The van der Waals surface area contributed by atoms with Crippen LogP contribution in [0.2, 0.25) is 0 Å². The second-order valence-electron chi connectivity index (χ2n) is 5.27. The molecule has 0 bridgehead atoms. The molecule has 5 amide bonds. The third-order valence-corrected chi connectivity index (χ3v) is 3.05. The smallest absolute Gasteiger partial charge is 0.240 e. The van der Waals surface area contributed by atoms with Crippen LogP contribution in [-0.4, -0.2) is 65.2 Å². The first-order valence-electron chi connectivity index (χ1n) is 7.61. The monoisotopic (exact) mass is 367 g/mol. The van der Waals surface area contributed by atoms with Crippen LogP contribution in [-0.2, 0) is 30.4 Å². The van der Waals surface area contributed by atoms with Gasteiger partial charge >= 0.3 is 0 Å². The number of nitrogens with zero attached hydrogens (tertiary/aromatic N) is 1. The lowest BCUT2D eigenvalue weighted by atomic mass is 10.1. The van der Waals surface area contributed by atoms with Crippen LogP contribution in [0.15, 0.2) is 12.5 Å². The highest BCUT2D eigenvalue weighted by atomic mass is 16.2. The van der Waals surface area contributed by atoms with E-state index >= 15 is 0 Å². The van der Waals surface area contributed by atoms with Crippen molar-refractivity contribution in [2.24, 2.45) is 5.73 Å². The van der Waals surface area contributed by atoms with E-state index in [0.29, 0.717) is 5.69 Å². The third-order valence-electron chi connectivity index (χ3n) is 3.05. The molecule has 0 aliphatic carbocycles. The van der Waals surface area contributed by atoms with Crippen molar-refractivity contribution < 1.29 is 24.0 Å². The van der Waals surface area contributed by atoms with E-state index in [1.807, 2.05) is 0 Å². The van der Waals surface area contributed by atoms with Gasteiger partial charge in [-0.15, -0.1) is 0 Å². The van der Waals surface area contributed by atoms with Gasteiger partial charge in [-0.05, 0) is 0 Å². The molecule has 26 heavy (non-hydrogen) atoms. The van der Waals surface area contributed by atoms with Gasteiger partial charge < -0.3 is 32.0 Å². The number of carbonyl (C=O) groups is 5. The average Bonchev–Trinajstić information content (AvgIpc) is 3.08. The minimum absolute atomic E-state index is 0.133. The molecule has 1 heterocycles. The van der Waals surface area contributed by atoms with Gasteiger partial charge in [0.2, 0.25) is 29.5 Å². The summed E-state index contributed by atoms with van der Waals surface area (Å²) in [5, 5.41) is 9.22. The molecule has 0 saturated carbocycles. The number of H-pyrrole nitrogens is 1. The highest BCUT2D eigenvalue weighted by Gasteiger charge is 2.19. The van der Waals surface area contributed by atoms with Crippen molar-refractivity contribution in [1.82, 2.24) is 31.2 Å². The van der Waals surface area contributed by atoms with Crippen LogP contribution in [0.4, 0.5) is 0 Å². The van der Waals surface area contributed by atoms with Crippen molar-refractivity contribution in [3.8, 4) is 0 Å². The highest BCUT2D eigenvalue weighted by Crippen LogP contribution is 1.97. The normalized spacial score (nSPS) is 11.1. The van der Waals surface area contributed by atoms with Crippen LogP contribution in [0.5, 0.6) is 0 Å². The molecule has 0 unspecified atom stereocenters. The van der Waals surface area contributed by atoms with Crippen molar-refractivity contribution in [3.63, 3.8) is 0 Å². The number of aromatic nitrogens is 2. The molecule has 0 radical (unpaired) electrons. The number of primary amides is 1. The lowest BCUT2D eigenvalue weighted by molar-refractivity contribution is -0.129. The lowest BCUT2D eigenvalue weighted by Gasteiger charge is -2.15. The summed E-state index contributed by atoms with van der Waals surface area (Å²) in [6.07, 6.45) is 3.05. The van der Waals surface area contributed by atoms with Gasteiger partial charge in [0.15, 0.2) is 0 Å². The number of hydrogen-bond acceptors (Lipinski definition) is 6. The van der Waals surface area contributed by atoms with E-state index in [9.17, 15) is 24.0 Å². The molecule has 0 aliphatic rings. The standard InChI is InChI=1S/C14H21N7O5/c1-8(22)17-4-11(23)18-5-12(24)19-6-13(25)21-10(14(15)26)2-9-3-16-7-20-9/h3,7,10H,2,4-6H2,1H3,(H2,15,26)(H,16,20)(H,17,22)(H,18,23)(H,19,24)(H,21,25)/t10-/m0/s1. The maximum Gasteiger partial charge on any atom is 0.240 e. The van der Waals surface area contributed by atoms with E-state index in [4.69, 9.17) is 5.73 Å². The van der Waals surface area contributed by atoms with Gasteiger partial charge in [0.25, 0.3) is 0 Å². The number of imidazole rings is 1. The molecule has 0 spiro atoms. The molecule has 0 aromatic carbocycles. The number of amides is 5. The molecule has 1 aromatic heterocycles. The molecule has 142 valence electrons. The number of aromatic amines is 1. The Morgan fingerprint density at radius 2 is 1.62 bits per heavy atom. The molecule has 0 aliphatic heterocycles. The van der Waals surface area contributed by atoms with Gasteiger partial charge in [0.05, 0.1) is 26.0 Å². The zero-order valence-corrected chi connectivity index (χ0v) is 14.1. The van der Waals surface area contributed by atoms with E-state index in [-0.39, 0.29) is 25.4 Å². The first-order chi connectivity index (χ1) is 12.3. The van der Waals surface area contributed by atoms with Gasteiger partial charge in [0, 0.05) is 25.2 Å². The van der Waals surface area contributed by atoms with Crippen LogP contribution in [0.25, 0.3) is 0 Å². The first-order valence-corrected chi connectivity index (χ1v) is 7.61. The number of nitrogens with one attached hydrogen (secondary N) is 5. The van der Waals surface area contributed by atoms with Crippen LogP contribution in [0.1, 0.15) is 12.6 Å². The van der Waals surface area contributed by atoms with Crippen molar-refractivity contribution in [3.05, 3.63) is 18.2 Å². The molecule has 1 atom stereocenters. The summed E-state index contributed by atoms with van der Waals surface area (Å²) >= 11 is 0. The second kappa shape index (κ2) is 10.4. The minimum atomic E-state index is -0.961. The predicted molar refractivity (Wildman–Crippen MR) is 88.1 cm³/mol. The fourth-order valence-corrected chi connectivity index (χ4v) is 1.77. The molecule has 7 N–H and O–H groups in total. The summed E-state index contributed by atoms with van der Waals surface area (Å²) < 4.78 is 0. The zero-order valence-electron chi connectivity index (χ0n) is 14.1. The molecule has 0 fully saturated rings. The van der Waals surface area contributed by atoms with E-state index < -0.39 is 36.2 Å². The Bertz CT molecular complexity index is 659. The summed E-state index contributed by atoms with van der Waals surface area (Å²) in [7, 11) is 0. The summed E-state index contributed by atoms with van der Waals surface area (Å²) in [5.41, 5.74) is 5.85. The maximum absolute atomic E-state index is 11.8. The van der Waals surface area contributed by atoms with Crippen LogP contribution >= 0.6 is 0 Å². The van der Waals surface area contributed by atoms with Crippen molar-refractivity contribution in [1.29, 1.82) is 0 Å². The quantitative estimate of drug-likeness (QED) is 0.247. The van der Waals surface area contributed by atoms with Crippen molar-refractivity contribution in [2.45, 2.75) is 19.4 Å². The Morgan fingerprint density at radius 3 is 2.12 bits per heavy atom. The maximum atomic E-state index is 11.8. The fourth-order valence-electron chi connectivity index (χ4n) is 1.77. The van der Waals surface area contributed by atoms with Gasteiger partial charge in [-0.25, -0.2) is 4.98 Å². The van der Waals surface area contributed by atoms with Crippen LogP contribution in [0, 0.1) is 0 Å². The Labute approximate surface area is 148 Å².